The molecule has 0 unspecified atom stereocenters. The molecule has 1 aliphatic heterocycles. The number of anilines is 1. The van der Waals surface area contributed by atoms with Crippen LogP contribution in [0.5, 0.6) is 0 Å². The molecule has 0 bridgehead atoms. The van der Waals surface area contributed by atoms with Gasteiger partial charge in [0.25, 0.3) is 0 Å². The molecule has 1 aliphatic rings. The smallest absolute Gasteiger partial charge is 0.194 e. The van der Waals surface area contributed by atoms with Crippen molar-refractivity contribution in [2.24, 2.45) is 4.99 Å². The number of rotatable bonds is 5. The van der Waals surface area contributed by atoms with Crippen LogP contribution in [0, 0.1) is 0 Å². The topological polar surface area (TPSA) is 65.0 Å². The van der Waals surface area contributed by atoms with E-state index in [0.29, 0.717) is 6.54 Å². The molecule has 0 radical (unpaired) electrons. The van der Waals surface area contributed by atoms with Gasteiger partial charge in [-0.25, -0.2) is 8.42 Å². The lowest BCUT2D eigenvalue weighted by Crippen LogP contribution is -2.52. The average molecular weight is 381 g/mol. The number of aliphatic imine (C=N–C) groups is 1. The number of nitrogens with zero attached hydrogens (tertiary/aromatic N) is 3. The molecule has 0 amide bonds. The molecule has 0 atom stereocenters. The lowest BCUT2D eigenvalue weighted by molar-refractivity contribution is 0.373. The summed E-state index contributed by atoms with van der Waals surface area (Å²) in [5.41, 5.74) is 1.24. The van der Waals surface area contributed by atoms with Gasteiger partial charge in [0, 0.05) is 38.4 Å². The minimum Gasteiger partial charge on any atom is -0.368 e. The van der Waals surface area contributed by atoms with Crippen LogP contribution in [0.25, 0.3) is 0 Å². The van der Waals surface area contributed by atoms with Crippen molar-refractivity contribution in [2.75, 3.05) is 49.9 Å². The van der Waals surface area contributed by atoms with Crippen molar-refractivity contribution in [1.82, 2.24) is 10.2 Å². The first-order valence-corrected chi connectivity index (χ1v) is 11.0. The molecule has 146 valence electrons. The third-order valence-electron chi connectivity index (χ3n) is 4.59. The number of nitrogens with one attached hydrogen (secondary N) is 1. The first-order chi connectivity index (χ1) is 12.2. The summed E-state index contributed by atoms with van der Waals surface area (Å²) in [7, 11) is -3.15. The maximum absolute atomic E-state index is 12.3. The van der Waals surface area contributed by atoms with Crippen LogP contribution in [0.3, 0.4) is 0 Å². The van der Waals surface area contributed by atoms with Gasteiger partial charge in [-0.1, -0.05) is 18.2 Å². The maximum Gasteiger partial charge on any atom is 0.194 e. The van der Waals surface area contributed by atoms with Crippen molar-refractivity contribution in [3.8, 4) is 0 Å². The number of sulfone groups is 1. The van der Waals surface area contributed by atoms with Gasteiger partial charge in [0.15, 0.2) is 15.8 Å². The molecule has 1 aromatic rings. The Morgan fingerprint density at radius 1 is 1.12 bits per heavy atom. The lowest BCUT2D eigenvalue weighted by Gasteiger charge is -2.37. The van der Waals surface area contributed by atoms with Gasteiger partial charge in [0.05, 0.1) is 17.0 Å². The van der Waals surface area contributed by atoms with Crippen LogP contribution in [0.1, 0.15) is 27.7 Å². The van der Waals surface area contributed by atoms with Gasteiger partial charge in [-0.2, -0.15) is 0 Å². The minimum atomic E-state index is -3.15. The number of hydrogen-bond donors (Lipinski definition) is 1. The highest BCUT2D eigenvalue weighted by Crippen LogP contribution is 2.17. The Labute approximate surface area is 158 Å². The van der Waals surface area contributed by atoms with Crippen LogP contribution in [0.4, 0.5) is 5.69 Å². The standard InChI is InChI=1S/C19H32N4O2S/c1-5-20-18(21-11-16-26(24,25)19(2,3)4)23-14-12-22(13-15-23)17-9-7-6-8-10-17/h6-10H,5,11-16H2,1-4H3,(H,20,21). The molecule has 1 heterocycles. The van der Waals surface area contributed by atoms with Crippen molar-refractivity contribution in [2.45, 2.75) is 32.4 Å². The van der Waals surface area contributed by atoms with Gasteiger partial charge in [0.2, 0.25) is 0 Å². The number of guanidine groups is 1. The Morgan fingerprint density at radius 3 is 2.27 bits per heavy atom. The highest BCUT2D eigenvalue weighted by atomic mass is 32.2. The maximum atomic E-state index is 12.3. The second kappa shape index (κ2) is 8.75. The molecular weight excluding hydrogens is 348 g/mol. The molecule has 6 nitrogen and oxygen atoms in total. The minimum absolute atomic E-state index is 0.0787. The van der Waals surface area contributed by atoms with E-state index in [1.807, 2.05) is 13.0 Å². The van der Waals surface area contributed by atoms with Gasteiger partial charge < -0.3 is 15.1 Å². The summed E-state index contributed by atoms with van der Waals surface area (Å²) < 4.78 is 23.8. The molecule has 1 saturated heterocycles. The fraction of sp³-hybridized carbons (Fsp3) is 0.632. The first-order valence-electron chi connectivity index (χ1n) is 9.30. The zero-order valence-electron chi connectivity index (χ0n) is 16.4. The average Bonchev–Trinajstić information content (AvgIpc) is 2.61. The summed E-state index contributed by atoms with van der Waals surface area (Å²) in [5, 5.41) is 3.29. The van der Waals surface area contributed by atoms with E-state index in [2.05, 4.69) is 44.4 Å². The zero-order chi connectivity index (χ0) is 19.2. The Hall–Kier alpha value is -1.76. The Balaban J connectivity index is 1.95. The molecule has 7 heteroatoms. The van der Waals surface area contributed by atoms with Gasteiger partial charge in [-0.15, -0.1) is 0 Å². The largest absolute Gasteiger partial charge is 0.368 e. The van der Waals surface area contributed by atoms with E-state index in [9.17, 15) is 8.42 Å². The van der Waals surface area contributed by atoms with Crippen LogP contribution < -0.4 is 10.2 Å². The quantitative estimate of drug-likeness (QED) is 0.625. The molecule has 0 saturated carbocycles. The molecule has 0 spiro atoms. The molecular formula is C19H32N4O2S. The normalized spacial score (nSPS) is 16.7. The fourth-order valence-electron chi connectivity index (χ4n) is 2.82. The SMILES string of the molecule is CCNC(=NCCS(=O)(=O)C(C)(C)C)N1CCN(c2ccccc2)CC1. The van der Waals surface area contributed by atoms with Crippen LogP contribution in [0.15, 0.2) is 35.3 Å². The summed E-state index contributed by atoms with van der Waals surface area (Å²) in [5.74, 6) is 0.888. The summed E-state index contributed by atoms with van der Waals surface area (Å²) in [6, 6.07) is 10.4. The van der Waals surface area contributed by atoms with Crippen LogP contribution >= 0.6 is 0 Å². The monoisotopic (exact) mass is 380 g/mol. The Morgan fingerprint density at radius 2 is 1.73 bits per heavy atom. The third-order valence-corrected chi connectivity index (χ3v) is 7.18. The zero-order valence-corrected chi connectivity index (χ0v) is 17.2. The van der Waals surface area contributed by atoms with E-state index in [0.717, 1.165) is 38.7 Å². The first kappa shape index (κ1) is 20.6. The predicted molar refractivity (Wildman–Crippen MR) is 110 cm³/mol. The van der Waals surface area contributed by atoms with E-state index in [1.165, 1.54) is 5.69 Å². The Bertz CT molecular complexity index is 688. The van der Waals surface area contributed by atoms with Crippen molar-refractivity contribution in [3.05, 3.63) is 30.3 Å². The van der Waals surface area contributed by atoms with Gasteiger partial charge >= 0.3 is 0 Å². The number of piperazine rings is 1. The summed E-state index contributed by atoms with van der Waals surface area (Å²) in [6.07, 6.45) is 0. The van der Waals surface area contributed by atoms with Crippen LogP contribution in [0.2, 0.25) is 0 Å². The number of para-hydroxylation sites is 1. The highest BCUT2D eigenvalue weighted by Gasteiger charge is 2.28. The molecule has 0 aromatic heterocycles. The molecule has 1 aromatic carbocycles. The van der Waals surface area contributed by atoms with Crippen molar-refractivity contribution < 1.29 is 8.42 Å². The van der Waals surface area contributed by atoms with Crippen LogP contribution in [-0.2, 0) is 9.84 Å². The van der Waals surface area contributed by atoms with E-state index < -0.39 is 14.6 Å². The van der Waals surface area contributed by atoms with Crippen LogP contribution in [-0.4, -0.2) is 69.0 Å². The van der Waals surface area contributed by atoms with Gasteiger partial charge in [-0.3, -0.25) is 4.99 Å². The summed E-state index contributed by atoms with van der Waals surface area (Å²) in [6.45, 7) is 11.9. The van der Waals surface area contributed by atoms with E-state index in [1.54, 1.807) is 20.8 Å². The van der Waals surface area contributed by atoms with Gasteiger partial charge in [0.1, 0.15) is 0 Å². The van der Waals surface area contributed by atoms with Crippen molar-refractivity contribution in [1.29, 1.82) is 0 Å². The third kappa shape index (κ3) is 5.37. The van der Waals surface area contributed by atoms with E-state index in [4.69, 9.17) is 0 Å². The molecule has 2 rings (SSSR count). The molecule has 26 heavy (non-hydrogen) atoms. The predicted octanol–water partition coefficient (Wildman–Crippen LogP) is 1.99. The lowest BCUT2D eigenvalue weighted by atomic mass is 10.2. The summed E-state index contributed by atoms with van der Waals surface area (Å²) in [4.78, 5) is 9.15. The van der Waals surface area contributed by atoms with Gasteiger partial charge in [-0.05, 0) is 39.8 Å². The van der Waals surface area contributed by atoms with Crippen molar-refractivity contribution >= 4 is 21.5 Å². The van der Waals surface area contributed by atoms with E-state index >= 15 is 0 Å². The second-order valence-corrected chi connectivity index (χ2v) is 10.3. The second-order valence-electron chi connectivity index (χ2n) is 7.48. The van der Waals surface area contributed by atoms with E-state index in [-0.39, 0.29) is 5.75 Å². The summed E-state index contributed by atoms with van der Waals surface area (Å²) >= 11 is 0. The number of benzene rings is 1. The molecule has 1 N–H and O–H groups in total. The highest BCUT2D eigenvalue weighted by molar-refractivity contribution is 7.92. The number of hydrogen-bond acceptors (Lipinski definition) is 4. The molecule has 0 aliphatic carbocycles. The van der Waals surface area contributed by atoms with Crippen molar-refractivity contribution in [3.63, 3.8) is 0 Å². The Kier molecular flexibility index (Phi) is 6.92. The fourth-order valence-corrected chi connectivity index (χ4v) is 3.76. The molecule has 1 fully saturated rings.